The number of carbonyl (C=O) groups excluding carboxylic acids is 2. The van der Waals surface area contributed by atoms with E-state index >= 15 is 0 Å². The lowest BCUT2D eigenvalue weighted by atomic mass is 9.72. The van der Waals surface area contributed by atoms with Crippen molar-refractivity contribution in [3.63, 3.8) is 0 Å². The third-order valence-electron chi connectivity index (χ3n) is 12.2. The molecule has 10 nitrogen and oxygen atoms in total. The van der Waals surface area contributed by atoms with Crippen LogP contribution in [-0.4, -0.2) is 43.8 Å². The molecule has 0 spiro atoms. The monoisotopic (exact) mass is 738 g/mol. The zero-order chi connectivity index (χ0) is 37.5. The topological polar surface area (TPSA) is 125 Å². The van der Waals surface area contributed by atoms with Crippen LogP contribution >= 0.6 is 0 Å². The van der Waals surface area contributed by atoms with Crippen LogP contribution in [0.3, 0.4) is 0 Å². The molecule has 4 aliphatic heterocycles. The zero-order valence-corrected chi connectivity index (χ0v) is 30.4. The maximum atomic E-state index is 13.2. The molecule has 13 rings (SSSR count). The molecule has 0 unspecified atom stereocenters. The van der Waals surface area contributed by atoms with E-state index in [9.17, 15) is 18.4 Å². The summed E-state index contributed by atoms with van der Waals surface area (Å²) in [7, 11) is 0. The predicted octanol–water partition coefficient (Wildman–Crippen LogP) is 7.45. The molecule has 278 valence electrons. The Bertz CT molecular complexity index is 2330. The largest absolute Gasteiger partial charge is 0.381 e. The zero-order valence-electron chi connectivity index (χ0n) is 30.4. The summed E-state index contributed by atoms with van der Waals surface area (Å²) >= 11 is 0. The summed E-state index contributed by atoms with van der Waals surface area (Å²) in [5.74, 6) is 1.64. The average molecular weight is 739 g/mol. The molecule has 7 heterocycles. The highest BCUT2D eigenvalue weighted by Crippen LogP contribution is 2.54. The molecule has 2 amide bonds. The van der Waals surface area contributed by atoms with Gasteiger partial charge >= 0.3 is 0 Å². The molecular weight excluding hydrogens is 699 g/mol. The van der Waals surface area contributed by atoms with Crippen LogP contribution in [0.15, 0.2) is 85.1 Å². The predicted molar refractivity (Wildman–Crippen MR) is 202 cm³/mol. The van der Waals surface area contributed by atoms with Crippen molar-refractivity contribution in [2.75, 3.05) is 10.2 Å². The van der Waals surface area contributed by atoms with E-state index < -0.39 is 5.54 Å². The van der Waals surface area contributed by atoms with Crippen LogP contribution in [0.1, 0.15) is 113 Å². The molecule has 5 aromatic rings. The molecule has 8 aliphatic rings. The Morgan fingerprint density at radius 2 is 1.24 bits per heavy atom. The van der Waals surface area contributed by atoms with E-state index in [1.54, 1.807) is 6.20 Å². The maximum absolute atomic E-state index is 13.2. The minimum Gasteiger partial charge on any atom is -0.381 e. The number of hydrogen-bond acceptors (Lipinski definition) is 8. The Labute approximate surface area is 317 Å². The Hall–Kier alpha value is -5.78. The fraction of sp³-hybridized carbons (Fsp3) is 0.349. The number of nitrogens with zero attached hydrogens (tertiary/aromatic N) is 5. The van der Waals surface area contributed by atoms with Crippen LogP contribution in [-0.2, 0) is 11.1 Å². The van der Waals surface area contributed by atoms with Gasteiger partial charge in [0.1, 0.15) is 23.3 Å². The van der Waals surface area contributed by atoms with Crippen molar-refractivity contribution in [2.24, 2.45) is 0 Å². The first-order chi connectivity index (χ1) is 26.6. The average Bonchev–Trinajstić information content (AvgIpc) is 4.11. The fourth-order valence-electron chi connectivity index (χ4n) is 8.62. The lowest BCUT2D eigenvalue weighted by Crippen LogP contribution is -2.47. The number of pyridine rings is 2. The molecule has 0 atom stereocenters. The van der Waals surface area contributed by atoms with Gasteiger partial charge in [0.25, 0.3) is 11.8 Å². The van der Waals surface area contributed by atoms with Gasteiger partial charge in [0.15, 0.2) is 0 Å². The molecule has 55 heavy (non-hydrogen) atoms. The molecule has 0 saturated heterocycles. The summed E-state index contributed by atoms with van der Waals surface area (Å²) in [6, 6.07) is 22.6. The lowest BCUT2D eigenvalue weighted by molar-refractivity contribution is 0.0921. The van der Waals surface area contributed by atoms with Crippen molar-refractivity contribution >= 4 is 29.0 Å². The van der Waals surface area contributed by atoms with E-state index in [1.165, 1.54) is 61.4 Å². The van der Waals surface area contributed by atoms with Crippen molar-refractivity contribution < 1.29 is 18.4 Å². The van der Waals surface area contributed by atoms with Crippen LogP contribution in [0.4, 0.5) is 26.0 Å². The van der Waals surface area contributed by atoms with Crippen molar-refractivity contribution in [3.8, 4) is 0 Å². The minimum atomic E-state index is -0.433. The number of carbonyl (C=O) groups is 2. The third kappa shape index (κ3) is 6.07. The Morgan fingerprint density at radius 1 is 0.691 bits per heavy atom. The van der Waals surface area contributed by atoms with Gasteiger partial charge in [-0.3, -0.25) is 19.6 Å². The van der Waals surface area contributed by atoms with Gasteiger partial charge in [-0.15, -0.1) is 0 Å². The standard InChI is InChI=1S/C24H22FN5O.C19H18FN3O/c1-14-26-11-8-21(27-14)30-18-12-16(13-18)22-19(30)6-7-20(28-22)24(9-10-24)29-23(31)15-2-4-17(25)5-3-15;20-13-3-1-11(2-4-13)18(24)23-19(7-8-19)16-6-5-15-17(22-16)12-9-14(10-12)21-15/h2-8,11,16,18H,9-10,12-13H2,1H3,(H,29,31);1-6,12,14,21H,7-10H2,(H,23,24). The van der Waals surface area contributed by atoms with E-state index in [-0.39, 0.29) is 29.0 Å². The molecule has 4 saturated carbocycles. The molecule has 4 fully saturated rings. The number of benzene rings is 2. The van der Waals surface area contributed by atoms with Crippen LogP contribution in [0.5, 0.6) is 0 Å². The first-order valence-electron chi connectivity index (χ1n) is 19.2. The lowest BCUT2D eigenvalue weighted by Gasteiger charge is -2.49. The third-order valence-corrected chi connectivity index (χ3v) is 12.2. The molecule has 2 aromatic carbocycles. The van der Waals surface area contributed by atoms with Gasteiger partial charge in [-0.05, 0) is 137 Å². The summed E-state index contributed by atoms with van der Waals surface area (Å²) in [6.45, 7) is 1.90. The summed E-state index contributed by atoms with van der Waals surface area (Å²) in [4.78, 5) is 46.3. The van der Waals surface area contributed by atoms with Gasteiger partial charge in [-0.1, -0.05) is 0 Å². The molecule has 4 bridgehead atoms. The minimum absolute atomic E-state index is 0.172. The smallest absolute Gasteiger partial charge is 0.252 e. The molecule has 3 N–H and O–H groups in total. The number of hydrogen-bond donors (Lipinski definition) is 3. The van der Waals surface area contributed by atoms with Crippen molar-refractivity contribution in [1.29, 1.82) is 0 Å². The Kier molecular flexibility index (Phi) is 7.76. The number of amides is 2. The van der Waals surface area contributed by atoms with E-state index in [4.69, 9.17) is 9.97 Å². The van der Waals surface area contributed by atoms with E-state index in [0.29, 0.717) is 35.0 Å². The van der Waals surface area contributed by atoms with Crippen LogP contribution in [0.2, 0.25) is 0 Å². The highest BCUT2D eigenvalue weighted by molar-refractivity contribution is 5.95. The van der Waals surface area contributed by atoms with Crippen molar-refractivity contribution in [3.05, 3.63) is 136 Å². The van der Waals surface area contributed by atoms with Crippen molar-refractivity contribution in [1.82, 2.24) is 30.6 Å². The van der Waals surface area contributed by atoms with Gasteiger partial charge < -0.3 is 20.9 Å². The van der Waals surface area contributed by atoms with E-state index in [0.717, 1.165) is 84.3 Å². The number of nitrogens with one attached hydrogen (secondary N) is 3. The molecule has 4 aliphatic carbocycles. The summed E-state index contributed by atoms with van der Waals surface area (Å²) in [5, 5.41) is 9.77. The van der Waals surface area contributed by atoms with Gasteiger partial charge in [-0.2, -0.15) is 0 Å². The second kappa shape index (κ2) is 12.6. The molecule has 3 aromatic heterocycles. The van der Waals surface area contributed by atoms with E-state index in [2.05, 4.69) is 43.0 Å². The van der Waals surface area contributed by atoms with Crippen LogP contribution in [0.25, 0.3) is 0 Å². The number of halogens is 2. The first kappa shape index (κ1) is 33.8. The quantitative estimate of drug-likeness (QED) is 0.157. The number of aryl methyl sites for hydroxylation is 1. The Morgan fingerprint density at radius 3 is 1.80 bits per heavy atom. The SMILES string of the molecule is Cc1nccc(N2c3ccc(C4(NC(=O)c5ccc(F)cc5)CC4)nc3C3CC2C3)n1.O=C(NC1(c2ccc3c(n2)C2CC(C2)N3)CC1)c1ccc(F)cc1. The highest BCUT2D eigenvalue weighted by Gasteiger charge is 2.51. The van der Waals surface area contributed by atoms with Gasteiger partial charge in [0, 0.05) is 41.2 Å². The second-order valence-corrected chi connectivity index (χ2v) is 16.0. The second-order valence-electron chi connectivity index (χ2n) is 16.0. The molecular formula is C43H40F2N8O2. The fourth-order valence-corrected chi connectivity index (χ4v) is 8.62. The summed E-state index contributed by atoms with van der Waals surface area (Å²) < 4.78 is 26.2. The van der Waals surface area contributed by atoms with Crippen LogP contribution < -0.4 is 20.9 Å². The van der Waals surface area contributed by atoms with Gasteiger partial charge in [0.2, 0.25) is 0 Å². The van der Waals surface area contributed by atoms with Gasteiger partial charge in [0.05, 0.1) is 45.2 Å². The van der Waals surface area contributed by atoms with Gasteiger partial charge in [-0.25, -0.2) is 18.7 Å². The summed E-state index contributed by atoms with van der Waals surface area (Å²) in [5.41, 5.74) is 6.49. The Balaban J connectivity index is 0.000000140. The number of rotatable bonds is 7. The highest BCUT2D eigenvalue weighted by atomic mass is 19.1. The maximum Gasteiger partial charge on any atom is 0.252 e. The van der Waals surface area contributed by atoms with Crippen molar-refractivity contribution in [2.45, 2.75) is 93.3 Å². The van der Waals surface area contributed by atoms with Crippen LogP contribution in [0, 0.1) is 18.6 Å². The normalized spacial score (nSPS) is 23.5. The summed E-state index contributed by atoms with van der Waals surface area (Å²) in [6.07, 6.45) is 9.77. The molecule has 0 radical (unpaired) electrons. The molecule has 12 heteroatoms. The van der Waals surface area contributed by atoms with E-state index in [1.807, 2.05) is 25.1 Å². The first-order valence-corrected chi connectivity index (χ1v) is 19.2. The number of aromatic nitrogens is 4. The number of anilines is 3.